The van der Waals surface area contributed by atoms with Crippen LogP contribution in [0.25, 0.3) is 0 Å². The molecule has 0 radical (unpaired) electrons. The van der Waals surface area contributed by atoms with Gasteiger partial charge in [0.05, 0.1) is 17.8 Å². The predicted molar refractivity (Wildman–Crippen MR) is 59.6 cm³/mol. The summed E-state index contributed by atoms with van der Waals surface area (Å²) in [5.41, 5.74) is 1.28. The maximum Gasteiger partial charge on any atom is 0.0594 e. The Morgan fingerprint density at radius 3 is 2.87 bits per heavy atom. The molecule has 0 saturated heterocycles. The van der Waals surface area contributed by atoms with Crippen LogP contribution in [0.4, 0.5) is 0 Å². The van der Waals surface area contributed by atoms with Gasteiger partial charge in [0.25, 0.3) is 0 Å². The number of hydrogen-bond acceptors (Lipinski definition) is 2. The molecule has 0 aliphatic heterocycles. The van der Waals surface area contributed by atoms with Crippen molar-refractivity contribution < 1.29 is 5.11 Å². The lowest BCUT2D eigenvalue weighted by molar-refractivity contribution is 0.0291. The Hall–Kier alpha value is -0.830. The third kappa shape index (κ3) is 2.07. The number of aryl methyl sites for hydroxylation is 1. The Morgan fingerprint density at radius 1 is 1.53 bits per heavy atom. The lowest BCUT2D eigenvalue weighted by Gasteiger charge is -2.40. The van der Waals surface area contributed by atoms with E-state index >= 15 is 0 Å². The summed E-state index contributed by atoms with van der Waals surface area (Å²) >= 11 is 0. The molecule has 3 nitrogen and oxygen atoms in total. The van der Waals surface area contributed by atoms with Crippen molar-refractivity contribution >= 4 is 0 Å². The van der Waals surface area contributed by atoms with Crippen LogP contribution in [-0.4, -0.2) is 21.0 Å². The fourth-order valence-electron chi connectivity index (χ4n) is 2.47. The van der Waals surface area contributed by atoms with Gasteiger partial charge in [0.2, 0.25) is 0 Å². The zero-order valence-corrected chi connectivity index (χ0v) is 9.77. The van der Waals surface area contributed by atoms with Crippen molar-refractivity contribution in [3.8, 4) is 0 Å². The molecule has 1 N–H and O–H groups in total. The van der Waals surface area contributed by atoms with E-state index in [2.05, 4.69) is 18.9 Å². The Balaban J connectivity index is 2.25. The summed E-state index contributed by atoms with van der Waals surface area (Å²) in [6.07, 6.45) is 4.68. The molecule has 1 aliphatic rings. The maximum absolute atomic E-state index is 9.74. The third-order valence-corrected chi connectivity index (χ3v) is 3.58. The van der Waals surface area contributed by atoms with E-state index in [-0.39, 0.29) is 11.5 Å². The van der Waals surface area contributed by atoms with Crippen LogP contribution in [0.2, 0.25) is 0 Å². The minimum atomic E-state index is -0.160. The van der Waals surface area contributed by atoms with Gasteiger partial charge in [-0.2, -0.15) is 5.10 Å². The van der Waals surface area contributed by atoms with Gasteiger partial charge in [-0.3, -0.25) is 4.68 Å². The van der Waals surface area contributed by atoms with Gasteiger partial charge in [-0.1, -0.05) is 13.8 Å². The number of aromatic nitrogens is 2. The molecule has 84 valence electrons. The zero-order valence-electron chi connectivity index (χ0n) is 9.77. The molecular formula is C12H20N2O. The van der Waals surface area contributed by atoms with Crippen molar-refractivity contribution in [2.45, 2.75) is 52.2 Å². The SMILES string of the molecule is Cc1ccn(C2CC(O)CCC2(C)C)n1. The van der Waals surface area contributed by atoms with Gasteiger partial charge >= 0.3 is 0 Å². The van der Waals surface area contributed by atoms with Gasteiger partial charge in [0.1, 0.15) is 0 Å². The summed E-state index contributed by atoms with van der Waals surface area (Å²) in [6.45, 7) is 6.53. The molecule has 2 rings (SSSR count). The summed E-state index contributed by atoms with van der Waals surface area (Å²) in [5, 5.41) is 14.2. The van der Waals surface area contributed by atoms with E-state index in [0.717, 1.165) is 25.0 Å². The summed E-state index contributed by atoms with van der Waals surface area (Å²) in [6, 6.07) is 2.35. The average molecular weight is 208 g/mol. The molecule has 2 atom stereocenters. The van der Waals surface area contributed by atoms with Crippen LogP contribution in [0.15, 0.2) is 12.3 Å². The summed E-state index contributed by atoms with van der Waals surface area (Å²) < 4.78 is 2.03. The smallest absolute Gasteiger partial charge is 0.0594 e. The van der Waals surface area contributed by atoms with Crippen molar-refractivity contribution in [3.63, 3.8) is 0 Å². The highest BCUT2D eigenvalue weighted by molar-refractivity contribution is 4.99. The monoisotopic (exact) mass is 208 g/mol. The summed E-state index contributed by atoms with van der Waals surface area (Å²) in [5.74, 6) is 0. The Labute approximate surface area is 91.1 Å². The molecule has 1 fully saturated rings. The van der Waals surface area contributed by atoms with Gasteiger partial charge in [0.15, 0.2) is 0 Å². The van der Waals surface area contributed by atoms with Gasteiger partial charge in [-0.15, -0.1) is 0 Å². The molecule has 0 aromatic carbocycles. The van der Waals surface area contributed by atoms with E-state index in [1.54, 1.807) is 0 Å². The van der Waals surface area contributed by atoms with Crippen LogP contribution in [0.1, 0.15) is 44.8 Å². The van der Waals surface area contributed by atoms with Crippen molar-refractivity contribution in [2.75, 3.05) is 0 Å². The highest BCUT2D eigenvalue weighted by atomic mass is 16.3. The van der Waals surface area contributed by atoms with Crippen LogP contribution in [0, 0.1) is 12.3 Å². The predicted octanol–water partition coefficient (Wildman–Crippen LogP) is 2.30. The second kappa shape index (κ2) is 3.63. The largest absolute Gasteiger partial charge is 0.393 e. The molecule has 1 aromatic rings. The summed E-state index contributed by atoms with van der Waals surface area (Å²) in [7, 11) is 0. The van der Waals surface area contributed by atoms with Crippen molar-refractivity contribution in [3.05, 3.63) is 18.0 Å². The Kier molecular flexibility index (Phi) is 2.59. The standard InChI is InChI=1S/C12H20N2O/c1-9-5-7-14(13-9)11-8-10(15)4-6-12(11,2)3/h5,7,10-11,15H,4,6,8H2,1-3H3. The first-order valence-electron chi connectivity index (χ1n) is 5.69. The maximum atomic E-state index is 9.74. The molecule has 1 saturated carbocycles. The Morgan fingerprint density at radius 2 is 2.27 bits per heavy atom. The highest BCUT2D eigenvalue weighted by Crippen LogP contribution is 2.43. The first-order valence-corrected chi connectivity index (χ1v) is 5.69. The van der Waals surface area contributed by atoms with Crippen molar-refractivity contribution in [1.29, 1.82) is 0 Å². The molecule has 15 heavy (non-hydrogen) atoms. The van der Waals surface area contributed by atoms with Gasteiger partial charge in [0, 0.05) is 6.20 Å². The molecule has 2 unspecified atom stereocenters. The first kappa shape index (κ1) is 10.7. The molecule has 1 aromatic heterocycles. The zero-order chi connectivity index (χ0) is 11.1. The van der Waals surface area contributed by atoms with Crippen LogP contribution >= 0.6 is 0 Å². The average Bonchev–Trinajstić information content (AvgIpc) is 2.56. The lowest BCUT2D eigenvalue weighted by Crippen LogP contribution is -2.36. The normalized spacial score (nSPS) is 30.4. The van der Waals surface area contributed by atoms with Crippen molar-refractivity contribution in [2.24, 2.45) is 5.41 Å². The fourth-order valence-corrected chi connectivity index (χ4v) is 2.47. The topological polar surface area (TPSA) is 38.0 Å². The van der Waals surface area contributed by atoms with E-state index in [1.165, 1.54) is 0 Å². The summed E-state index contributed by atoms with van der Waals surface area (Å²) in [4.78, 5) is 0. The molecule has 1 heterocycles. The van der Waals surface area contributed by atoms with Crippen LogP contribution in [-0.2, 0) is 0 Å². The van der Waals surface area contributed by atoms with Gasteiger partial charge in [-0.05, 0) is 37.7 Å². The molecule has 1 aliphatic carbocycles. The van der Waals surface area contributed by atoms with E-state index in [1.807, 2.05) is 23.9 Å². The number of nitrogens with zero attached hydrogens (tertiary/aromatic N) is 2. The van der Waals surface area contributed by atoms with E-state index in [4.69, 9.17) is 0 Å². The van der Waals surface area contributed by atoms with Crippen LogP contribution in [0.5, 0.6) is 0 Å². The van der Waals surface area contributed by atoms with Crippen LogP contribution < -0.4 is 0 Å². The van der Waals surface area contributed by atoms with E-state index in [9.17, 15) is 5.11 Å². The Bertz CT molecular complexity index is 343. The third-order valence-electron chi connectivity index (χ3n) is 3.58. The van der Waals surface area contributed by atoms with Crippen molar-refractivity contribution in [1.82, 2.24) is 9.78 Å². The number of aliphatic hydroxyl groups is 1. The second-order valence-corrected chi connectivity index (χ2v) is 5.37. The van der Waals surface area contributed by atoms with Crippen LogP contribution in [0.3, 0.4) is 0 Å². The minimum absolute atomic E-state index is 0.160. The molecule has 3 heteroatoms. The number of hydrogen-bond donors (Lipinski definition) is 1. The molecular weight excluding hydrogens is 188 g/mol. The fraction of sp³-hybridized carbons (Fsp3) is 0.750. The van der Waals surface area contributed by atoms with E-state index < -0.39 is 0 Å². The minimum Gasteiger partial charge on any atom is -0.393 e. The highest BCUT2D eigenvalue weighted by Gasteiger charge is 2.37. The van der Waals surface area contributed by atoms with Gasteiger partial charge in [-0.25, -0.2) is 0 Å². The second-order valence-electron chi connectivity index (χ2n) is 5.37. The lowest BCUT2D eigenvalue weighted by atomic mass is 9.72. The molecule has 0 bridgehead atoms. The number of aliphatic hydroxyl groups excluding tert-OH is 1. The first-order chi connectivity index (χ1) is 6.99. The number of rotatable bonds is 1. The molecule has 0 spiro atoms. The van der Waals surface area contributed by atoms with Gasteiger partial charge < -0.3 is 5.11 Å². The molecule has 0 amide bonds. The van der Waals surface area contributed by atoms with E-state index in [0.29, 0.717) is 6.04 Å². The quantitative estimate of drug-likeness (QED) is 0.769.